The number of fused-ring (bicyclic) bond motifs is 1. The molecule has 224 valence electrons. The highest BCUT2D eigenvalue weighted by Crippen LogP contribution is 2.44. The highest BCUT2D eigenvalue weighted by Gasteiger charge is 2.31. The van der Waals surface area contributed by atoms with Gasteiger partial charge in [-0.1, -0.05) is 6.07 Å². The van der Waals surface area contributed by atoms with E-state index in [1.807, 2.05) is 6.20 Å². The van der Waals surface area contributed by atoms with Gasteiger partial charge in [-0.05, 0) is 63.3 Å². The Morgan fingerprint density at radius 2 is 1.69 bits per heavy atom. The van der Waals surface area contributed by atoms with E-state index in [9.17, 15) is 0 Å². The van der Waals surface area contributed by atoms with Crippen molar-refractivity contribution in [1.29, 1.82) is 0 Å². The summed E-state index contributed by atoms with van der Waals surface area (Å²) in [5, 5.41) is 3.71. The number of anilines is 3. The van der Waals surface area contributed by atoms with Gasteiger partial charge in [0.1, 0.15) is 22.6 Å². The topological polar surface area (TPSA) is 105 Å². The van der Waals surface area contributed by atoms with Crippen LogP contribution in [-0.4, -0.2) is 103 Å². The number of nitrogen functional groups attached to an aromatic ring is 1. The van der Waals surface area contributed by atoms with Crippen molar-refractivity contribution in [3.63, 3.8) is 0 Å². The van der Waals surface area contributed by atoms with E-state index < -0.39 is 0 Å². The second kappa shape index (κ2) is 11.8. The predicted molar refractivity (Wildman–Crippen MR) is 167 cm³/mol. The molecule has 2 aromatic heterocycles. The molecule has 1 saturated carbocycles. The Kier molecular flexibility index (Phi) is 7.77. The van der Waals surface area contributed by atoms with Crippen molar-refractivity contribution in [2.24, 2.45) is 0 Å². The largest absolute Gasteiger partial charge is 0.495 e. The Balaban J connectivity index is 1.16. The van der Waals surface area contributed by atoms with Crippen molar-refractivity contribution in [3.8, 4) is 16.9 Å². The fourth-order valence-corrected chi connectivity index (χ4v) is 6.83. The Morgan fingerprint density at radius 3 is 2.40 bits per heavy atom. The molecule has 3 N–H and O–H groups in total. The molecule has 0 amide bonds. The standard InChI is InChI=1S/C32H44N8O2/c1-38-13-15-39(16-14-38)24-7-11-40(12-8-24)26-6-5-22(19-27(26)41-2)25-20-34-31(33)30-29(25)37-32(28(36-30)21-3-4-21)35-23-9-17-42-18-10-23/h5-6,19-21,23-24H,3-4,7-18H2,1-2H3,(H2,33,34)(H,35,37). The molecule has 1 aromatic carbocycles. The van der Waals surface area contributed by atoms with Gasteiger partial charge in [-0.2, -0.15) is 0 Å². The number of piperidine rings is 1. The first kappa shape index (κ1) is 27.6. The number of likely N-dealkylation sites (N-methyl/N-ethyl adjacent to an activating group) is 1. The first-order chi connectivity index (χ1) is 20.6. The van der Waals surface area contributed by atoms with Crippen molar-refractivity contribution >= 4 is 28.4 Å². The number of nitrogens with zero attached hydrogens (tertiary/aromatic N) is 6. The molecule has 3 aromatic rings. The van der Waals surface area contributed by atoms with Crippen molar-refractivity contribution < 1.29 is 9.47 Å². The number of ether oxygens (including phenoxy) is 2. The summed E-state index contributed by atoms with van der Waals surface area (Å²) in [7, 11) is 3.98. The van der Waals surface area contributed by atoms with Gasteiger partial charge in [0.05, 0.1) is 18.5 Å². The van der Waals surface area contributed by atoms with Gasteiger partial charge in [0.2, 0.25) is 0 Å². The third-order valence-corrected chi connectivity index (χ3v) is 9.63. The number of piperazine rings is 1. The third kappa shape index (κ3) is 5.59. The number of benzene rings is 1. The number of hydrogen-bond donors (Lipinski definition) is 2. The maximum atomic E-state index is 6.39. The van der Waals surface area contributed by atoms with Crippen LogP contribution >= 0.6 is 0 Å². The Morgan fingerprint density at radius 1 is 0.929 bits per heavy atom. The van der Waals surface area contributed by atoms with E-state index >= 15 is 0 Å². The zero-order chi connectivity index (χ0) is 28.6. The van der Waals surface area contributed by atoms with Gasteiger partial charge in [-0.3, -0.25) is 4.90 Å². The minimum atomic E-state index is 0.338. The van der Waals surface area contributed by atoms with Crippen LogP contribution in [-0.2, 0) is 4.74 Å². The predicted octanol–water partition coefficient (Wildman–Crippen LogP) is 3.97. The van der Waals surface area contributed by atoms with Crippen molar-refractivity contribution in [2.45, 2.75) is 56.5 Å². The van der Waals surface area contributed by atoms with Gasteiger partial charge in [-0.15, -0.1) is 0 Å². The first-order valence-corrected chi connectivity index (χ1v) is 15.7. The van der Waals surface area contributed by atoms with E-state index in [1.54, 1.807) is 7.11 Å². The maximum absolute atomic E-state index is 6.39. The monoisotopic (exact) mass is 572 g/mol. The number of nitrogens with two attached hydrogens (primary N) is 1. The Bertz CT molecular complexity index is 1410. The molecule has 0 atom stereocenters. The highest BCUT2D eigenvalue weighted by molar-refractivity contribution is 5.97. The molecule has 0 spiro atoms. The van der Waals surface area contributed by atoms with Gasteiger partial charge < -0.3 is 30.3 Å². The average Bonchev–Trinajstić information content (AvgIpc) is 3.88. The van der Waals surface area contributed by atoms with Gasteiger partial charge in [0.15, 0.2) is 5.82 Å². The van der Waals surface area contributed by atoms with Crippen LogP contribution in [0.25, 0.3) is 22.2 Å². The molecule has 0 bridgehead atoms. The number of pyridine rings is 1. The molecule has 7 rings (SSSR count). The molecule has 3 saturated heterocycles. The molecule has 10 heteroatoms. The summed E-state index contributed by atoms with van der Waals surface area (Å²) >= 11 is 0. The van der Waals surface area contributed by atoms with E-state index in [4.69, 9.17) is 25.2 Å². The number of nitrogens with one attached hydrogen (secondary N) is 1. The molecule has 10 nitrogen and oxygen atoms in total. The summed E-state index contributed by atoms with van der Waals surface area (Å²) in [5.41, 5.74) is 11.9. The van der Waals surface area contributed by atoms with Crippen molar-refractivity contribution in [3.05, 3.63) is 30.1 Å². The normalized spacial score (nSPS) is 21.6. The first-order valence-electron chi connectivity index (χ1n) is 15.7. The number of rotatable bonds is 7. The van der Waals surface area contributed by atoms with E-state index in [0.717, 1.165) is 91.6 Å². The fourth-order valence-electron chi connectivity index (χ4n) is 6.83. The third-order valence-electron chi connectivity index (χ3n) is 9.63. The van der Waals surface area contributed by atoms with E-state index in [-0.39, 0.29) is 0 Å². The van der Waals surface area contributed by atoms with Crippen LogP contribution in [0.5, 0.6) is 5.75 Å². The highest BCUT2D eigenvalue weighted by atomic mass is 16.5. The molecule has 4 aliphatic rings. The van der Waals surface area contributed by atoms with Crippen LogP contribution in [0.4, 0.5) is 17.3 Å². The van der Waals surface area contributed by atoms with Crippen LogP contribution in [0, 0.1) is 0 Å². The van der Waals surface area contributed by atoms with Crippen LogP contribution in [0.2, 0.25) is 0 Å². The lowest BCUT2D eigenvalue weighted by Gasteiger charge is -2.42. The van der Waals surface area contributed by atoms with E-state index in [1.165, 1.54) is 39.0 Å². The van der Waals surface area contributed by atoms with Gasteiger partial charge >= 0.3 is 0 Å². The zero-order valence-electron chi connectivity index (χ0n) is 25.0. The van der Waals surface area contributed by atoms with Crippen LogP contribution in [0.3, 0.4) is 0 Å². The second-order valence-corrected chi connectivity index (χ2v) is 12.5. The zero-order valence-corrected chi connectivity index (χ0v) is 25.0. The van der Waals surface area contributed by atoms with Gasteiger partial charge in [-0.25, -0.2) is 15.0 Å². The minimum absolute atomic E-state index is 0.338. The van der Waals surface area contributed by atoms with Crippen LogP contribution in [0.15, 0.2) is 24.4 Å². The lowest BCUT2D eigenvalue weighted by molar-refractivity contribution is 0.0903. The second-order valence-electron chi connectivity index (χ2n) is 12.5. The average molecular weight is 573 g/mol. The quantitative estimate of drug-likeness (QED) is 0.432. The van der Waals surface area contributed by atoms with Crippen LogP contribution < -0.4 is 20.7 Å². The minimum Gasteiger partial charge on any atom is -0.495 e. The van der Waals surface area contributed by atoms with Crippen LogP contribution in [0.1, 0.15) is 50.1 Å². The summed E-state index contributed by atoms with van der Waals surface area (Å²) < 4.78 is 11.6. The molecule has 0 unspecified atom stereocenters. The lowest BCUT2D eigenvalue weighted by atomic mass is 10.00. The SMILES string of the molecule is COc1cc(-c2cnc(N)c3nc(C4CC4)c(NC4CCOCC4)nc23)ccc1N1CCC(N2CCN(C)CC2)CC1. The van der Waals surface area contributed by atoms with E-state index in [2.05, 4.69) is 50.2 Å². The molecule has 42 heavy (non-hydrogen) atoms. The Labute approximate surface area is 248 Å². The molecule has 3 aliphatic heterocycles. The maximum Gasteiger partial charge on any atom is 0.151 e. The molecular weight excluding hydrogens is 528 g/mol. The molecule has 1 aliphatic carbocycles. The smallest absolute Gasteiger partial charge is 0.151 e. The summed E-state index contributed by atoms with van der Waals surface area (Å²) in [4.78, 5) is 22.4. The summed E-state index contributed by atoms with van der Waals surface area (Å²) in [5.74, 6) is 2.62. The molecule has 0 radical (unpaired) electrons. The number of hydrogen-bond acceptors (Lipinski definition) is 10. The fraction of sp³-hybridized carbons (Fsp3) is 0.594. The van der Waals surface area contributed by atoms with Gasteiger partial charge in [0, 0.05) is 82.2 Å². The molecule has 4 fully saturated rings. The van der Waals surface area contributed by atoms with Crippen molar-refractivity contribution in [1.82, 2.24) is 24.8 Å². The molecule has 5 heterocycles. The summed E-state index contributed by atoms with van der Waals surface area (Å²) in [6.07, 6.45) is 8.42. The van der Waals surface area contributed by atoms with Gasteiger partial charge in [0.25, 0.3) is 0 Å². The Hall–Kier alpha value is -3.21. The summed E-state index contributed by atoms with van der Waals surface area (Å²) in [6.45, 7) is 8.33. The summed E-state index contributed by atoms with van der Waals surface area (Å²) in [6, 6.07) is 7.50. The number of methoxy groups -OCH3 is 1. The molecular formula is C32H44N8O2. The van der Waals surface area contributed by atoms with Crippen molar-refractivity contribution in [2.75, 3.05) is 82.6 Å². The number of aromatic nitrogens is 3. The lowest BCUT2D eigenvalue weighted by Crippen LogP contribution is -2.52. The van der Waals surface area contributed by atoms with E-state index in [0.29, 0.717) is 29.3 Å².